The second-order valence-electron chi connectivity index (χ2n) is 5.55. The summed E-state index contributed by atoms with van der Waals surface area (Å²) >= 11 is 1.27. The number of esters is 1. The van der Waals surface area contributed by atoms with Crippen LogP contribution in [-0.2, 0) is 4.74 Å². The van der Waals surface area contributed by atoms with Crippen LogP contribution in [-0.4, -0.2) is 27.1 Å². The maximum absolute atomic E-state index is 12.2. The fourth-order valence-electron chi connectivity index (χ4n) is 2.34. The van der Waals surface area contributed by atoms with Gasteiger partial charge >= 0.3 is 5.97 Å². The number of aromatic nitrogens is 2. The number of para-hydroxylation sites is 2. The number of benzene rings is 1. The molecule has 0 bridgehead atoms. The largest absolute Gasteiger partial charge is 0.506 e. The summed E-state index contributed by atoms with van der Waals surface area (Å²) < 4.78 is 5.29. The van der Waals surface area contributed by atoms with Gasteiger partial charge in [-0.05, 0) is 38.5 Å². The minimum absolute atomic E-state index is 0.122. The second-order valence-corrected chi connectivity index (χ2v) is 6.55. The van der Waals surface area contributed by atoms with Crippen LogP contribution >= 0.6 is 11.3 Å². The molecule has 124 valence electrons. The number of phenolic OH excluding ortho intramolecular Hbond substituents is 1. The Morgan fingerprint density at radius 3 is 2.75 bits per heavy atom. The molecule has 7 heteroatoms. The van der Waals surface area contributed by atoms with Crippen LogP contribution in [0.5, 0.6) is 5.75 Å². The lowest BCUT2D eigenvalue weighted by Gasteiger charge is -2.09. The number of hydrogen-bond acceptors (Lipinski definition) is 7. The molecule has 2 heterocycles. The molecule has 3 rings (SSSR count). The van der Waals surface area contributed by atoms with E-state index in [0.717, 1.165) is 10.9 Å². The highest BCUT2D eigenvalue weighted by atomic mass is 32.1. The summed E-state index contributed by atoms with van der Waals surface area (Å²) in [5, 5.41) is 13.8. The van der Waals surface area contributed by atoms with E-state index in [1.165, 1.54) is 17.7 Å². The molecule has 0 spiro atoms. The highest BCUT2D eigenvalue weighted by molar-refractivity contribution is 7.20. The van der Waals surface area contributed by atoms with Gasteiger partial charge in [-0.1, -0.05) is 12.1 Å². The Morgan fingerprint density at radius 1 is 1.29 bits per heavy atom. The minimum Gasteiger partial charge on any atom is -0.506 e. The molecular weight excluding hydrogens is 326 g/mol. The number of fused-ring (bicyclic) bond motifs is 1. The lowest BCUT2D eigenvalue weighted by molar-refractivity contribution is 0.0383. The summed E-state index contributed by atoms with van der Waals surface area (Å²) in [5.74, 6) is 0.300. The summed E-state index contributed by atoms with van der Waals surface area (Å²) in [6.45, 7) is 5.46. The fourth-order valence-corrected chi connectivity index (χ4v) is 3.37. The van der Waals surface area contributed by atoms with Crippen LogP contribution in [0.25, 0.3) is 10.2 Å². The molecule has 0 fully saturated rings. The van der Waals surface area contributed by atoms with E-state index < -0.39 is 0 Å². The summed E-state index contributed by atoms with van der Waals surface area (Å²) in [6.07, 6.45) is 1.24. The molecule has 0 atom stereocenters. The first kappa shape index (κ1) is 16.2. The molecule has 24 heavy (non-hydrogen) atoms. The molecule has 3 aromatic rings. The third-order valence-electron chi connectivity index (χ3n) is 3.41. The van der Waals surface area contributed by atoms with E-state index in [-0.39, 0.29) is 17.8 Å². The van der Waals surface area contributed by atoms with Crippen molar-refractivity contribution in [2.75, 3.05) is 5.32 Å². The predicted octanol–water partition coefficient (Wildman–Crippen LogP) is 4.01. The van der Waals surface area contributed by atoms with Gasteiger partial charge in [0.2, 0.25) is 0 Å². The average molecular weight is 343 g/mol. The predicted molar refractivity (Wildman–Crippen MR) is 94.1 cm³/mol. The highest BCUT2D eigenvalue weighted by Gasteiger charge is 2.21. The van der Waals surface area contributed by atoms with Crippen LogP contribution in [0.2, 0.25) is 0 Å². The van der Waals surface area contributed by atoms with Gasteiger partial charge in [-0.15, -0.1) is 11.3 Å². The van der Waals surface area contributed by atoms with Gasteiger partial charge < -0.3 is 15.2 Å². The van der Waals surface area contributed by atoms with Gasteiger partial charge in [0.1, 0.15) is 27.6 Å². The third-order valence-corrected chi connectivity index (χ3v) is 4.59. The zero-order valence-electron chi connectivity index (χ0n) is 13.5. The number of aromatic hydroxyl groups is 1. The van der Waals surface area contributed by atoms with Gasteiger partial charge in [0, 0.05) is 0 Å². The number of ether oxygens (including phenoxy) is 1. The summed E-state index contributed by atoms with van der Waals surface area (Å²) in [4.78, 5) is 22.0. The molecule has 0 saturated carbocycles. The third kappa shape index (κ3) is 3.03. The molecule has 2 aromatic heterocycles. The van der Waals surface area contributed by atoms with Crippen LogP contribution in [0.4, 0.5) is 11.5 Å². The zero-order chi connectivity index (χ0) is 17.3. The number of aryl methyl sites for hydroxylation is 1. The normalized spacial score (nSPS) is 11.0. The maximum atomic E-state index is 12.2. The molecule has 0 aliphatic heterocycles. The van der Waals surface area contributed by atoms with Gasteiger partial charge in [0.25, 0.3) is 0 Å². The van der Waals surface area contributed by atoms with Gasteiger partial charge in [0.15, 0.2) is 0 Å². The molecule has 2 N–H and O–H groups in total. The standard InChI is InChI=1S/C17H17N3O3S/c1-9(2)23-17(22)14-10(3)13-15(18-8-19-16(13)24-14)20-11-6-4-5-7-12(11)21/h4-9,21H,1-3H3,(H,18,19,20). The number of thiophene rings is 1. The molecule has 0 aliphatic carbocycles. The minimum atomic E-state index is -0.362. The van der Waals surface area contributed by atoms with Crippen LogP contribution in [0, 0.1) is 6.92 Å². The zero-order valence-corrected chi connectivity index (χ0v) is 14.3. The number of carbonyl (C=O) groups is 1. The summed E-state index contributed by atoms with van der Waals surface area (Å²) in [6, 6.07) is 6.89. The Bertz CT molecular complexity index is 905. The number of nitrogens with zero attached hydrogens (tertiary/aromatic N) is 2. The first-order valence-electron chi connectivity index (χ1n) is 7.47. The smallest absolute Gasteiger partial charge is 0.348 e. The number of nitrogens with one attached hydrogen (secondary N) is 1. The lowest BCUT2D eigenvalue weighted by Crippen LogP contribution is -2.11. The number of rotatable bonds is 4. The molecule has 0 unspecified atom stereocenters. The number of carbonyl (C=O) groups excluding carboxylic acids is 1. The van der Waals surface area contributed by atoms with E-state index in [0.29, 0.717) is 21.2 Å². The molecular formula is C17H17N3O3S. The Hall–Kier alpha value is -2.67. The van der Waals surface area contributed by atoms with E-state index in [4.69, 9.17) is 4.74 Å². The van der Waals surface area contributed by atoms with Crippen LogP contribution in [0.1, 0.15) is 29.1 Å². The SMILES string of the molecule is Cc1c(C(=O)OC(C)C)sc2ncnc(Nc3ccccc3O)c12. The molecule has 6 nitrogen and oxygen atoms in total. The first-order chi connectivity index (χ1) is 11.5. The highest BCUT2D eigenvalue weighted by Crippen LogP contribution is 2.36. The van der Waals surface area contributed by atoms with Crippen LogP contribution in [0.15, 0.2) is 30.6 Å². The average Bonchev–Trinajstić information content (AvgIpc) is 2.87. The lowest BCUT2D eigenvalue weighted by atomic mass is 10.2. The van der Waals surface area contributed by atoms with Gasteiger partial charge in [0.05, 0.1) is 17.2 Å². The summed E-state index contributed by atoms with van der Waals surface area (Å²) in [7, 11) is 0. The van der Waals surface area contributed by atoms with Gasteiger partial charge in [-0.25, -0.2) is 14.8 Å². The maximum Gasteiger partial charge on any atom is 0.348 e. The van der Waals surface area contributed by atoms with Crippen LogP contribution < -0.4 is 5.32 Å². The van der Waals surface area contributed by atoms with Crippen molar-refractivity contribution in [3.8, 4) is 5.75 Å². The van der Waals surface area contributed by atoms with Crippen molar-refractivity contribution >= 4 is 39.0 Å². The second kappa shape index (κ2) is 6.45. The van der Waals surface area contributed by atoms with Crippen molar-refractivity contribution in [3.63, 3.8) is 0 Å². The number of hydrogen-bond donors (Lipinski definition) is 2. The van der Waals surface area contributed by atoms with Crippen molar-refractivity contribution in [2.24, 2.45) is 0 Å². The fraction of sp³-hybridized carbons (Fsp3) is 0.235. The van der Waals surface area contributed by atoms with Gasteiger partial charge in [-0.2, -0.15) is 0 Å². The Morgan fingerprint density at radius 2 is 2.04 bits per heavy atom. The van der Waals surface area contributed by atoms with Crippen molar-refractivity contribution in [2.45, 2.75) is 26.9 Å². The number of phenols is 1. The molecule has 0 saturated heterocycles. The van der Waals surface area contributed by atoms with E-state index >= 15 is 0 Å². The van der Waals surface area contributed by atoms with Crippen molar-refractivity contribution < 1.29 is 14.6 Å². The Balaban J connectivity index is 2.05. The molecule has 0 aliphatic rings. The van der Waals surface area contributed by atoms with Crippen LogP contribution in [0.3, 0.4) is 0 Å². The monoisotopic (exact) mass is 343 g/mol. The molecule has 1 aromatic carbocycles. The van der Waals surface area contributed by atoms with E-state index in [2.05, 4.69) is 15.3 Å². The topological polar surface area (TPSA) is 84.3 Å². The van der Waals surface area contributed by atoms with Gasteiger partial charge in [-0.3, -0.25) is 0 Å². The Labute approximate surface area is 143 Å². The Kier molecular flexibility index (Phi) is 4.35. The van der Waals surface area contributed by atoms with Crippen molar-refractivity contribution in [1.29, 1.82) is 0 Å². The van der Waals surface area contributed by atoms with E-state index in [9.17, 15) is 9.90 Å². The van der Waals surface area contributed by atoms with E-state index in [1.807, 2.05) is 26.8 Å². The summed E-state index contributed by atoms with van der Waals surface area (Å²) in [5.41, 5.74) is 1.30. The molecule has 0 amide bonds. The first-order valence-corrected chi connectivity index (χ1v) is 8.29. The number of anilines is 2. The van der Waals surface area contributed by atoms with Crippen molar-refractivity contribution in [3.05, 3.63) is 41.0 Å². The quantitative estimate of drug-likeness (QED) is 0.550. The van der Waals surface area contributed by atoms with E-state index in [1.54, 1.807) is 18.2 Å². The molecule has 0 radical (unpaired) electrons. The van der Waals surface area contributed by atoms with Crippen molar-refractivity contribution in [1.82, 2.24) is 9.97 Å².